The minimum atomic E-state index is -1.04. The number of carboxylic acids is 1. The first kappa shape index (κ1) is 18.3. The monoisotopic (exact) mass is 309 g/mol. The van der Waals surface area contributed by atoms with Gasteiger partial charge in [0, 0.05) is 5.56 Å². The third-order valence-corrected chi connectivity index (χ3v) is 3.09. The topological polar surface area (TPSA) is 98.9 Å². The van der Waals surface area contributed by atoms with Gasteiger partial charge in [-0.05, 0) is 12.0 Å². The van der Waals surface area contributed by atoms with E-state index in [1.54, 1.807) is 24.3 Å². The van der Waals surface area contributed by atoms with E-state index in [1.807, 2.05) is 13.8 Å². The molecule has 2 rings (SSSR count). The first-order valence-electron chi connectivity index (χ1n) is 7.40. The van der Waals surface area contributed by atoms with Crippen LogP contribution in [-0.2, 0) is 20.7 Å². The van der Waals surface area contributed by atoms with E-state index < -0.39 is 18.3 Å². The molecule has 0 saturated carbocycles. The van der Waals surface area contributed by atoms with Crippen molar-refractivity contribution < 1.29 is 24.2 Å². The second kappa shape index (κ2) is 9.30. The molecule has 6 nitrogen and oxygen atoms in total. The van der Waals surface area contributed by atoms with Crippen molar-refractivity contribution in [2.45, 2.75) is 39.0 Å². The summed E-state index contributed by atoms with van der Waals surface area (Å²) in [6.45, 7) is 5.04. The van der Waals surface area contributed by atoms with E-state index in [1.165, 1.54) is 0 Å². The van der Waals surface area contributed by atoms with E-state index in [-0.39, 0.29) is 18.6 Å². The highest BCUT2D eigenvalue weighted by atomic mass is 16.7. The Bertz CT molecular complexity index is 480. The highest BCUT2D eigenvalue weighted by Gasteiger charge is 2.20. The lowest BCUT2D eigenvalue weighted by Gasteiger charge is -2.09. The van der Waals surface area contributed by atoms with Gasteiger partial charge in [0.1, 0.15) is 6.04 Å². The number of ketones is 1. The minimum Gasteiger partial charge on any atom is -0.480 e. The van der Waals surface area contributed by atoms with Crippen molar-refractivity contribution in [3.8, 4) is 0 Å². The molecule has 1 aromatic carbocycles. The molecule has 0 bridgehead atoms. The molecule has 1 aromatic rings. The summed E-state index contributed by atoms with van der Waals surface area (Å²) in [5.41, 5.74) is 6.79. The maximum absolute atomic E-state index is 12.0. The van der Waals surface area contributed by atoms with Gasteiger partial charge in [-0.3, -0.25) is 9.59 Å². The zero-order valence-corrected chi connectivity index (χ0v) is 13.0. The van der Waals surface area contributed by atoms with Crippen molar-refractivity contribution in [2.75, 3.05) is 13.2 Å². The van der Waals surface area contributed by atoms with Crippen LogP contribution in [0.4, 0.5) is 0 Å². The molecule has 1 saturated heterocycles. The maximum Gasteiger partial charge on any atom is 0.320 e. The van der Waals surface area contributed by atoms with Gasteiger partial charge >= 0.3 is 5.97 Å². The molecule has 1 fully saturated rings. The summed E-state index contributed by atoms with van der Waals surface area (Å²) in [5.74, 6) is -1.10. The number of Topliss-reactive ketones (excluding diaryl/α,β-unsaturated/α-hetero) is 1. The van der Waals surface area contributed by atoms with Gasteiger partial charge < -0.3 is 20.3 Å². The van der Waals surface area contributed by atoms with Gasteiger partial charge in [0.25, 0.3) is 0 Å². The van der Waals surface area contributed by atoms with E-state index >= 15 is 0 Å². The van der Waals surface area contributed by atoms with Crippen LogP contribution in [0.1, 0.15) is 36.2 Å². The second-order valence-corrected chi connectivity index (χ2v) is 4.64. The Hall–Kier alpha value is -1.76. The van der Waals surface area contributed by atoms with Gasteiger partial charge in [0.15, 0.2) is 12.1 Å². The van der Waals surface area contributed by atoms with Crippen molar-refractivity contribution in [3.05, 3.63) is 35.4 Å². The predicted molar refractivity (Wildman–Crippen MR) is 81.7 cm³/mol. The van der Waals surface area contributed by atoms with Gasteiger partial charge in [0.05, 0.1) is 19.6 Å². The molecule has 0 spiro atoms. The van der Waals surface area contributed by atoms with E-state index in [2.05, 4.69) is 0 Å². The normalized spacial score (nSPS) is 15.8. The van der Waals surface area contributed by atoms with Crippen molar-refractivity contribution in [2.24, 2.45) is 5.73 Å². The van der Waals surface area contributed by atoms with Crippen LogP contribution in [0.3, 0.4) is 0 Å². The van der Waals surface area contributed by atoms with Crippen LogP contribution in [0.25, 0.3) is 0 Å². The first-order chi connectivity index (χ1) is 10.6. The Balaban J connectivity index is 0.00000116. The molecule has 3 N–H and O–H groups in total. The Morgan fingerprint density at radius 2 is 1.77 bits per heavy atom. The van der Waals surface area contributed by atoms with Crippen molar-refractivity contribution in [1.29, 1.82) is 0 Å². The quantitative estimate of drug-likeness (QED) is 0.775. The molecule has 1 aliphatic rings. The van der Waals surface area contributed by atoms with Crippen molar-refractivity contribution >= 4 is 11.8 Å². The molecule has 0 aromatic heterocycles. The number of nitrogens with two attached hydrogens (primary N) is 1. The Morgan fingerprint density at radius 1 is 1.23 bits per heavy atom. The zero-order chi connectivity index (χ0) is 16.5. The van der Waals surface area contributed by atoms with Crippen LogP contribution in [-0.4, -0.2) is 42.4 Å². The Morgan fingerprint density at radius 3 is 2.27 bits per heavy atom. The van der Waals surface area contributed by atoms with E-state index in [9.17, 15) is 9.59 Å². The van der Waals surface area contributed by atoms with Gasteiger partial charge in [0.2, 0.25) is 0 Å². The Kier molecular flexibility index (Phi) is 7.73. The molecule has 0 radical (unpaired) electrons. The number of ether oxygens (including phenoxy) is 2. The third kappa shape index (κ3) is 5.55. The van der Waals surface area contributed by atoms with Crippen molar-refractivity contribution in [1.82, 2.24) is 0 Å². The average molecular weight is 309 g/mol. The molecule has 1 aliphatic heterocycles. The molecule has 0 aliphatic carbocycles. The van der Waals surface area contributed by atoms with Gasteiger partial charge in [-0.2, -0.15) is 0 Å². The number of hydrogen-bond donors (Lipinski definition) is 2. The molecule has 6 heteroatoms. The summed E-state index contributed by atoms with van der Waals surface area (Å²) < 4.78 is 10.4. The largest absolute Gasteiger partial charge is 0.480 e. The van der Waals surface area contributed by atoms with Gasteiger partial charge in [-0.1, -0.05) is 38.1 Å². The molecule has 1 unspecified atom stereocenters. The lowest BCUT2D eigenvalue weighted by Crippen LogP contribution is -2.32. The predicted octanol–water partition coefficient (Wildman–Crippen LogP) is 1.61. The van der Waals surface area contributed by atoms with Crippen LogP contribution in [0.15, 0.2) is 24.3 Å². The highest BCUT2D eigenvalue weighted by Crippen LogP contribution is 2.14. The summed E-state index contributed by atoms with van der Waals surface area (Å²) in [7, 11) is 0. The SMILES string of the molecule is CC.NC(Cc1ccc(C(=O)CC2OCCO2)cc1)C(=O)O. The van der Waals surface area contributed by atoms with E-state index in [0.29, 0.717) is 18.8 Å². The summed E-state index contributed by atoms with van der Waals surface area (Å²) in [6.07, 6.45) is -0.0327. The molecule has 122 valence electrons. The lowest BCUT2D eigenvalue weighted by atomic mass is 10.0. The second-order valence-electron chi connectivity index (χ2n) is 4.64. The number of hydrogen-bond acceptors (Lipinski definition) is 5. The summed E-state index contributed by atoms with van der Waals surface area (Å²) in [5, 5.41) is 8.74. The molecule has 1 atom stereocenters. The maximum atomic E-state index is 12.0. The average Bonchev–Trinajstić information content (AvgIpc) is 3.02. The highest BCUT2D eigenvalue weighted by molar-refractivity contribution is 5.96. The standard InChI is InChI=1S/C14H17NO5.C2H6/c15-11(14(17)18)7-9-1-3-10(4-2-9)12(16)8-13-19-5-6-20-13;1-2/h1-4,11,13H,5-8,15H2,(H,17,18);1-2H3. The van der Waals surface area contributed by atoms with Crippen LogP contribution in [0, 0.1) is 0 Å². The van der Waals surface area contributed by atoms with Gasteiger partial charge in [-0.25, -0.2) is 0 Å². The molecule has 22 heavy (non-hydrogen) atoms. The number of aliphatic carboxylic acids is 1. The number of carbonyl (C=O) groups excluding carboxylic acids is 1. The molecular formula is C16H23NO5. The minimum absolute atomic E-state index is 0.0639. The van der Waals surface area contributed by atoms with Gasteiger partial charge in [-0.15, -0.1) is 0 Å². The number of carbonyl (C=O) groups is 2. The van der Waals surface area contributed by atoms with Crippen molar-refractivity contribution in [3.63, 3.8) is 0 Å². The van der Waals surface area contributed by atoms with E-state index in [0.717, 1.165) is 5.56 Å². The fourth-order valence-electron chi connectivity index (χ4n) is 1.96. The molecular weight excluding hydrogens is 286 g/mol. The number of benzene rings is 1. The molecule has 0 amide bonds. The lowest BCUT2D eigenvalue weighted by molar-refractivity contribution is -0.138. The summed E-state index contributed by atoms with van der Waals surface area (Å²) in [4.78, 5) is 22.6. The van der Waals surface area contributed by atoms with E-state index in [4.69, 9.17) is 20.3 Å². The van der Waals surface area contributed by atoms with Crippen LogP contribution >= 0.6 is 0 Å². The van der Waals surface area contributed by atoms with Crippen LogP contribution in [0.2, 0.25) is 0 Å². The first-order valence-corrected chi connectivity index (χ1v) is 7.40. The fourth-order valence-corrected chi connectivity index (χ4v) is 1.96. The Labute approximate surface area is 130 Å². The van der Waals surface area contributed by atoms with Crippen LogP contribution in [0.5, 0.6) is 0 Å². The third-order valence-electron chi connectivity index (χ3n) is 3.09. The fraction of sp³-hybridized carbons (Fsp3) is 0.500. The van der Waals surface area contributed by atoms with Crippen LogP contribution < -0.4 is 5.73 Å². The summed E-state index contributed by atoms with van der Waals surface area (Å²) >= 11 is 0. The number of carboxylic acid groups (broad SMARTS) is 1. The summed E-state index contributed by atoms with van der Waals surface area (Å²) in [6, 6.07) is 5.83. The number of rotatable bonds is 6. The molecule has 1 heterocycles. The zero-order valence-electron chi connectivity index (χ0n) is 13.0. The smallest absolute Gasteiger partial charge is 0.320 e.